The van der Waals surface area contributed by atoms with Crippen LogP contribution >= 0.6 is 0 Å². The van der Waals surface area contributed by atoms with Crippen molar-refractivity contribution in [3.8, 4) is 22.5 Å². The third-order valence-electron chi connectivity index (χ3n) is 6.15. The molecule has 2 aromatic carbocycles. The second-order valence-corrected chi connectivity index (χ2v) is 8.25. The summed E-state index contributed by atoms with van der Waals surface area (Å²) >= 11 is 0. The number of hydrogen-bond acceptors (Lipinski definition) is 4. The molecule has 1 saturated heterocycles. The van der Waals surface area contributed by atoms with E-state index in [1.807, 2.05) is 6.07 Å². The number of hydrogen-bond donors (Lipinski definition) is 1. The average molecular weight is 450 g/mol. The molecule has 1 N–H and O–H groups in total. The van der Waals surface area contributed by atoms with Crippen molar-refractivity contribution in [2.24, 2.45) is 7.05 Å². The van der Waals surface area contributed by atoms with E-state index in [1.54, 1.807) is 42.2 Å². The fraction of sp³-hybridized carbons (Fsp3) is 0.250. The molecule has 1 fully saturated rings. The number of fused-ring (bicyclic) bond motifs is 1. The first-order valence-corrected chi connectivity index (χ1v) is 10.5. The van der Waals surface area contributed by atoms with Crippen LogP contribution < -0.4 is 5.32 Å². The molecule has 0 bridgehead atoms. The molecule has 0 spiro atoms. The topological polar surface area (TPSA) is 84.3 Å². The number of carbonyl (C=O) groups excluding carboxylic acids is 3. The summed E-state index contributed by atoms with van der Waals surface area (Å²) in [5, 5.41) is 2.29. The van der Waals surface area contributed by atoms with E-state index in [-0.39, 0.29) is 30.3 Å². The largest absolute Gasteiger partial charge is 0.333 e. The zero-order valence-electron chi connectivity index (χ0n) is 17.7. The Kier molecular flexibility index (Phi) is 5.03. The van der Waals surface area contributed by atoms with Crippen LogP contribution in [0.2, 0.25) is 0 Å². The number of aryl methyl sites for hydroxylation is 1. The molecule has 33 heavy (non-hydrogen) atoms. The number of imidazole rings is 1. The number of amides is 3. The Balaban J connectivity index is 1.49. The van der Waals surface area contributed by atoms with E-state index < -0.39 is 18.4 Å². The minimum Gasteiger partial charge on any atom is -0.333 e. The lowest BCUT2D eigenvalue weighted by atomic mass is 10.00. The van der Waals surface area contributed by atoms with Crippen LogP contribution in [-0.4, -0.2) is 38.2 Å². The Morgan fingerprint density at radius 3 is 2.67 bits per heavy atom. The van der Waals surface area contributed by atoms with Gasteiger partial charge in [0.2, 0.25) is 11.8 Å². The number of nitrogens with one attached hydrogen (secondary N) is 1. The molecule has 7 nitrogen and oxygen atoms in total. The van der Waals surface area contributed by atoms with E-state index >= 15 is 0 Å². The second-order valence-electron chi connectivity index (χ2n) is 8.25. The van der Waals surface area contributed by atoms with Gasteiger partial charge in [0, 0.05) is 42.3 Å². The fourth-order valence-electron chi connectivity index (χ4n) is 4.53. The Morgan fingerprint density at radius 2 is 1.91 bits per heavy atom. The molecular weight excluding hydrogens is 430 g/mol. The van der Waals surface area contributed by atoms with Crippen molar-refractivity contribution in [3.63, 3.8) is 0 Å². The van der Waals surface area contributed by atoms with Crippen LogP contribution in [0.3, 0.4) is 0 Å². The summed E-state index contributed by atoms with van der Waals surface area (Å²) in [6.07, 6.45) is -0.474. The maximum absolute atomic E-state index is 13.2. The van der Waals surface area contributed by atoms with Crippen LogP contribution in [-0.2, 0) is 23.2 Å². The van der Waals surface area contributed by atoms with Crippen LogP contribution in [0.25, 0.3) is 22.5 Å². The summed E-state index contributed by atoms with van der Waals surface area (Å²) in [5.74, 6) is -1.04. The standard InChI is InChI=1S/C24H20F2N4O3/c1-29-12-27-20(21(29)14-3-2-4-15(10-14)22(25)26)13-5-6-17-16(9-13)11-30(24(17)33)18-7-8-19(31)28-23(18)32/h2-6,9-10,12,18,22H,7-8,11H2,1H3,(H,28,31,32). The first kappa shape index (κ1) is 21.0. The maximum Gasteiger partial charge on any atom is 0.263 e. The molecule has 2 aliphatic heterocycles. The Morgan fingerprint density at radius 1 is 1.09 bits per heavy atom. The van der Waals surface area contributed by atoms with Crippen molar-refractivity contribution in [2.45, 2.75) is 31.9 Å². The quantitative estimate of drug-likeness (QED) is 0.617. The summed E-state index contributed by atoms with van der Waals surface area (Å²) in [7, 11) is 1.79. The second kappa shape index (κ2) is 7.91. The summed E-state index contributed by atoms with van der Waals surface area (Å²) in [6, 6.07) is 10.8. The van der Waals surface area contributed by atoms with Crippen molar-refractivity contribution in [3.05, 3.63) is 65.5 Å². The Bertz CT molecular complexity index is 1300. The molecular formula is C24H20F2N4O3. The van der Waals surface area contributed by atoms with Crippen molar-refractivity contribution in [2.75, 3.05) is 0 Å². The van der Waals surface area contributed by atoms with Gasteiger partial charge in [-0.1, -0.05) is 24.3 Å². The molecule has 1 atom stereocenters. The molecule has 9 heteroatoms. The van der Waals surface area contributed by atoms with Gasteiger partial charge in [0.25, 0.3) is 12.3 Å². The number of benzene rings is 2. The summed E-state index contributed by atoms with van der Waals surface area (Å²) < 4.78 is 28.2. The first-order valence-electron chi connectivity index (χ1n) is 10.5. The van der Waals surface area contributed by atoms with Gasteiger partial charge in [-0.2, -0.15) is 0 Å². The Hall–Kier alpha value is -3.88. The molecule has 0 radical (unpaired) electrons. The van der Waals surface area contributed by atoms with E-state index in [4.69, 9.17) is 0 Å². The van der Waals surface area contributed by atoms with Gasteiger partial charge in [-0.05, 0) is 30.2 Å². The smallest absolute Gasteiger partial charge is 0.263 e. The molecule has 5 rings (SSSR count). The van der Waals surface area contributed by atoms with Crippen molar-refractivity contribution in [1.29, 1.82) is 0 Å². The van der Waals surface area contributed by atoms with Crippen molar-refractivity contribution < 1.29 is 23.2 Å². The zero-order chi connectivity index (χ0) is 23.3. The highest BCUT2D eigenvalue weighted by Gasteiger charge is 2.39. The predicted octanol–water partition coefficient (Wildman–Crippen LogP) is 3.45. The monoisotopic (exact) mass is 450 g/mol. The number of alkyl halides is 2. The van der Waals surface area contributed by atoms with Gasteiger partial charge < -0.3 is 9.47 Å². The van der Waals surface area contributed by atoms with Crippen LogP contribution in [0.1, 0.15) is 40.8 Å². The normalized spacial score (nSPS) is 18.1. The van der Waals surface area contributed by atoms with E-state index in [9.17, 15) is 23.2 Å². The number of imide groups is 1. The summed E-state index contributed by atoms with van der Waals surface area (Å²) in [4.78, 5) is 42.6. The molecule has 3 heterocycles. The highest BCUT2D eigenvalue weighted by Crippen LogP contribution is 2.36. The lowest BCUT2D eigenvalue weighted by molar-refractivity contribution is -0.136. The molecule has 1 aromatic heterocycles. The maximum atomic E-state index is 13.2. The SMILES string of the molecule is Cn1cnc(-c2ccc3c(c2)CN(C2CCC(=O)NC2=O)C3=O)c1-c1cccc(C(F)F)c1. The summed E-state index contributed by atoms with van der Waals surface area (Å²) in [6.45, 7) is 0.247. The lowest BCUT2D eigenvalue weighted by Gasteiger charge is -2.29. The van der Waals surface area contributed by atoms with Crippen LogP contribution in [0.4, 0.5) is 8.78 Å². The van der Waals surface area contributed by atoms with Gasteiger partial charge in [0.1, 0.15) is 6.04 Å². The Labute approximate surface area is 188 Å². The van der Waals surface area contributed by atoms with E-state index in [1.165, 1.54) is 17.0 Å². The first-order chi connectivity index (χ1) is 15.8. The van der Waals surface area contributed by atoms with Crippen LogP contribution in [0.5, 0.6) is 0 Å². The minimum absolute atomic E-state index is 0.0703. The number of piperidine rings is 1. The molecule has 0 saturated carbocycles. The molecule has 2 aliphatic rings. The van der Waals surface area contributed by atoms with Crippen molar-refractivity contribution in [1.82, 2.24) is 19.8 Å². The number of carbonyl (C=O) groups is 3. The summed E-state index contributed by atoms with van der Waals surface area (Å²) in [5.41, 5.74) is 3.83. The number of aromatic nitrogens is 2. The van der Waals surface area contributed by atoms with E-state index in [0.717, 1.165) is 11.1 Å². The molecule has 0 aliphatic carbocycles. The number of nitrogens with zero attached hydrogens (tertiary/aromatic N) is 3. The minimum atomic E-state index is -2.58. The van der Waals surface area contributed by atoms with Gasteiger partial charge in [0.05, 0.1) is 17.7 Å². The molecule has 168 valence electrons. The fourth-order valence-corrected chi connectivity index (χ4v) is 4.53. The van der Waals surface area contributed by atoms with Crippen molar-refractivity contribution >= 4 is 17.7 Å². The molecule has 3 amide bonds. The third kappa shape index (κ3) is 3.59. The van der Waals surface area contributed by atoms with Gasteiger partial charge in [-0.3, -0.25) is 19.7 Å². The predicted molar refractivity (Wildman–Crippen MR) is 115 cm³/mol. The highest BCUT2D eigenvalue weighted by molar-refractivity contribution is 6.05. The van der Waals surface area contributed by atoms with Crippen LogP contribution in [0, 0.1) is 0 Å². The average Bonchev–Trinajstić information content (AvgIpc) is 3.33. The number of halogens is 2. The van der Waals surface area contributed by atoms with Gasteiger partial charge in [0.15, 0.2) is 0 Å². The highest BCUT2D eigenvalue weighted by atomic mass is 19.3. The lowest BCUT2D eigenvalue weighted by Crippen LogP contribution is -2.52. The van der Waals surface area contributed by atoms with E-state index in [0.29, 0.717) is 28.9 Å². The van der Waals surface area contributed by atoms with Crippen LogP contribution in [0.15, 0.2) is 48.8 Å². The molecule has 1 unspecified atom stereocenters. The van der Waals surface area contributed by atoms with Gasteiger partial charge >= 0.3 is 0 Å². The third-order valence-corrected chi connectivity index (χ3v) is 6.15. The van der Waals surface area contributed by atoms with Gasteiger partial charge in [-0.25, -0.2) is 13.8 Å². The van der Waals surface area contributed by atoms with Gasteiger partial charge in [-0.15, -0.1) is 0 Å². The number of rotatable bonds is 4. The zero-order valence-corrected chi connectivity index (χ0v) is 17.7. The van der Waals surface area contributed by atoms with E-state index in [2.05, 4.69) is 10.3 Å². The molecule has 3 aromatic rings.